The van der Waals surface area contributed by atoms with Gasteiger partial charge in [-0.05, 0) is 50.1 Å². The van der Waals surface area contributed by atoms with Crippen LogP contribution in [0.3, 0.4) is 0 Å². The molecule has 4 rings (SSSR count). The van der Waals surface area contributed by atoms with Crippen molar-refractivity contribution in [3.63, 3.8) is 0 Å². The maximum absolute atomic E-state index is 12.9. The van der Waals surface area contributed by atoms with Crippen LogP contribution < -0.4 is 15.8 Å². The molecule has 31 heavy (non-hydrogen) atoms. The van der Waals surface area contributed by atoms with Crippen LogP contribution in [0.4, 0.5) is 11.5 Å². The van der Waals surface area contributed by atoms with Crippen LogP contribution in [0, 0.1) is 5.92 Å². The molecule has 160 valence electrons. The summed E-state index contributed by atoms with van der Waals surface area (Å²) in [4.78, 5) is 46.6. The monoisotopic (exact) mass is 420 g/mol. The van der Waals surface area contributed by atoms with Gasteiger partial charge in [0, 0.05) is 18.8 Å². The predicted molar refractivity (Wildman–Crippen MR) is 118 cm³/mol. The van der Waals surface area contributed by atoms with Crippen LogP contribution >= 0.6 is 0 Å². The summed E-state index contributed by atoms with van der Waals surface area (Å²) in [6.07, 6.45) is 1.49. The van der Waals surface area contributed by atoms with Crippen LogP contribution in [0.15, 0.2) is 53.3 Å². The third-order valence-corrected chi connectivity index (χ3v) is 5.31. The molecule has 1 atom stereocenters. The van der Waals surface area contributed by atoms with Gasteiger partial charge in [-0.15, -0.1) is 0 Å². The van der Waals surface area contributed by atoms with Crippen LogP contribution in [-0.4, -0.2) is 41.5 Å². The van der Waals surface area contributed by atoms with E-state index in [1.54, 1.807) is 31.2 Å². The maximum atomic E-state index is 12.9. The zero-order chi connectivity index (χ0) is 21.8. The minimum atomic E-state index is -0.427. The quantitative estimate of drug-likeness (QED) is 0.615. The second kappa shape index (κ2) is 8.99. The number of piperidine rings is 1. The fraction of sp³-hybridized carbons (Fsp3) is 0.304. The summed E-state index contributed by atoms with van der Waals surface area (Å²) in [7, 11) is 0. The van der Waals surface area contributed by atoms with Crippen molar-refractivity contribution in [2.24, 2.45) is 5.92 Å². The van der Waals surface area contributed by atoms with Crippen LogP contribution in [0.2, 0.25) is 0 Å². The van der Waals surface area contributed by atoms with Gasteiger partial charge in [0.15, 0.2) is 5.82 Å². The Kier molecular flexibility index (Phi) is 5.97. The Balaban J connectivity index is 1.48. The number of ether oxygens (including phenoxy) is 1. The Morgan fingerprint density at radius 2 is 2.06 bits per heavy atom. The number of anilines is 2. The van der Waals surface area contributed by atoms with E-state index in [2.05, 4.69) is 15.3 Å². The number of H-pyrrole nitrogens is 1. The Morgan fingerprint density at radius 1 is 1.23 bits per heavy atom. The molecule has 8 nitrogen and oxygen atoms in total. The minimum absolute atomic E-state index is 0.150. The third kappa shape index (κ3) is 4.58. The van der Waals surface area contributed by atoms with Gasteiger partial charge in [-0.2, -0.15) is 0 Å². The first kappa shape index (κ1) is 20.6. The van der Waals surface area contributed by atoms with Crippen molar-refractivity contribution in [3.8, 4) is 0 Å². The number of aromatic amines is 1. The number of hydrogen-bond donors (Lipinski definition) is 2. The summed E-state index contributed by atoms with van der Waals surface area (Å²) in [5.74, 6) is -0.542. The molecular formula is C23H24N4O4. The van der Waals surface area contributed by atoms with Crippen molar-refractivity contribution >= 4 is 34.4 Å². The summed E-state index contributed by atoms with van der Waals surface area (Å²) in [5, 5.41) is 2.89. The number of para-hydroxylation sites is 2. The van der Waals surface area contributed by atoms with E-state index in [0.717, 1.165) is 6.42 Å². The lowest BCUT2D eigenvalue weighted by Gasteiger charge is -2.32. The van der Waals surface area contributed by atoms with Crippen molar-refractivity contribution in [1.82, 2.24) is 9.97 Å². The van der Waals surface area contributed by atoms with E-state index in [1.165, 1.54) is 0 Å². The van der Waals surface area contributed by atoms with Crippen molar-refractivity contribution in [2.45, 2.75) is 19.8 Å². The second-order valence-electron chi connectivity index (χ2n) is 7.48. The van der Waals surface area contributed by atoms with Crippen LogP contribution in [-0.2, 0) is 9.53 Å². The summed E-state index contributed by atoms with van der Waals surface area (Å²) in [6, 6.07) is 14.1. The predicted octanol–water partition coefficient (Wildman–Crippen LogP) is 2.95. The molecule has 1 aromatic heterocycles. The largest absolute Gasteiger partial charge is 0.462 e. The molecule has 0 bridgehead atoms. The molecule has 0 saturated carbocycles. The third-order valence-electron chi connectivity index (χ3n) is 5.31. The van der Waals surface area contributed by atoms with Gasteiger partial charge in [-0.3, -0.25) is 9.59 Å². The smallest absolute Gasteiger partial charge is 0.338 e. The Bertz CT molecular complexity index is 1170. The Morgan fingerprint density at radius 3 is 2.90 bits per heavy atom. The SMILES string of the molecule is CCOC(=O)c1cccc(NC(=O)C2CCCN(c3nc4ccccc4[nH]c3=O)C2)c1. The number of fused-ring (bicyclic) bond motifs is 1. The number of rotatable bonds is 5. The summed E-state index contributed by atoms with van der Waals surface area (Å²) in [6.45, 7) is 3.09. The summed E-state index contributed by atoms with van der Waals surface area (Å²) < 4.78 is 5.01. The molecule has 1 aliphatic rings. The van der Waals surface area contributed by atoms with Gasteiger partial charge in [0.25, 0.3) is 5.56 Å². The number of aromatic nitrogens is 2. The Hall–Kier alpha value is -3.68. The molecular weight excluding hydrogens is 396 g/mol. The molecule has 1 unspecified atom stereocenters. The standard InChI is InChI=1S/C23H24N4O4/c1-2-31-23(30)15-7-5-9-17(13-15)24-21(28)16-8-6-12-27(14-16)20-22(29)26-19-11-4-3-10-18(19)25-20/h3-5,7,9-11,13,16H,2,6,8,12,14H2,1H3,(H,24,28)(H,26,29). The van der Waals surface area contributed by atoms with E-state index < -0.39 is 5.97 Å². The maximum Gasteiger partial charge on any atom is 0.338 e. The molecule has 2 aromatic carbocycles. The van der Waals surface area contributed by atoms with Crippen LogP contribution in [0.25, 0.3) is 11.0 Å². The van der Waals surface area contributed by atoms with Crippen molar-refractivity contribution in [3.05, 3.63) is 64.4 Å². The first-order valence-corrected chi connectivity index (χ1v) is 10.4. The highest BCUT2D eigenvalue weighted by Crippen LogP contribution is 2.22. The lowest BCUT2D eigenvalue weighted by Crippen LogP contribution is -2.43. The number of nitrogens with one attached hydrogen (secondary N) is 2. The number of nitrogens with zero attached hydrogens (tertiary/aromatic N) is 2. The van der Waals surface area contributed by atoms with Gasteiger partial charge >= 0.3 is 5.97 Å². The van der Waals surface area contributed by atoms with E-state index in [1.807, 2.05) is 29.2 Å². The van der Waals surface area contributed by atoms with Crippen molar-refractivity contribution in [1.29, 1.82) is 0 Å². The fourth-order valence-corrected chi connectivity index (χ4v) is 3.80. The highest BCUT2D eigenvalue weighted by molar-refractivity contribution is 5.95. The zero-order valence-electron chi connectivity index (χ0n) is 17.3. The van der Waals surface area contributed by atoms with E-state index in [0.29, 0.717) is 47.6 Å². The topological polar surface area (TPSA) is 104 Å². The molecule has 1 saturated heterocycles. The van der Waals surface area contributed by atoms with Gasteiger partial charge in [-0.1, -0.05) is 18.2 Å². The van der Waals surface area contributed by atoms with Crippen molar-refractivity contribution in [2.75, 3.05) is 29.9 Å². The molecule has 3 aromatic rings. The number of carbonyl (C=O) groups is 2. The lowest BCUT2D eigenvalue weighted by molar-refractivity contribution is -0.120. The Labute approximate surface area is 179 Å². The first-order valence-electron chi connectivity index (χ1n) is 10.4. The number of benzene rings is 2. The summed E-state index contributed by atoms with van der Waals surface area (Å²) >= 11 is 0. The summed E-state index contributed by atoms with van der Waals surface area (Å²) in [5.41, 5.74) is 2.05. The number of amides is 1. The first-order chi connectivity index (χ1) is 15.0. The van der Waals surface area contributed by atoms with Gasteiger partial charge < -0.3 is 19.9 Å². The average molecular weight is 420 g/mol. The van der Waals surface area contributed by atoms with E-state index in [-0.39, 0.29) is 24.0 Å². The number of hydrogen-bond acceptors (Lipinski definition) is 6. The molecule has 1 fully saturated rings. The van der Waals surface area contributed by atoms with Gasteiger partial charge in [0.2, 0.25) is 5.91 Å². The minimum Gasteiger partial charge on any atom is -0.462 e. The van der Waals surface area contributed by atoms with Crippen LogP contribution in [0.5, 0.6) is 0 Å². The lowest BCUT2D eigenvalue weighted by atomic mass is 9.97. The van der Waals surface area contributed by atoms with E-state index in [9.17, 15) is 14.4 Å². The zero-order valence-corrected chi connectivity index (χ0v) is 17.3. The highest BCUT2D eigenvalue weighted by Gasteiger charge is 2.28. The van der Waals surface area contributed by atoms with Crippen LogP contribution in [0.1, 0.15) is 30.1 Å². The normalized spacial score (nSPS) is 16.2. The fourth-order valence-electron chi connectivity index (χ4n) is 3.80. The number of carbonyl (C=O) groups excluding carboxylic acids is 2. The molecule has 0 spiro atoms. The van der Waals surface area contributed by atoms with Gasteiger partial charge in [0.05, 0.1) is 29.1 Å². The van der Waals surface area contributed by atoms with Gasteiger partial charge in [-0.25, -0.2) is 9.78 Å². The molecule has 8 heteroatoms. The molecule has 0 aliphatic carbocycles. The molecule has 2 heterocycles. The average Bonchev–Trinajstić information content (AvgIpc) is 2.79. The molecule has 1 amide bonds. The van der Waals surface area contributed by atoms with E-state index >= 15 is 0 Å². The van der Waals surface area contributed by atoms with Crippen molar-refractivity contribution < 1.29 is 14.3 Å². The molecule has 0 radical (unpaired) electrons. The second-order valence-corrected chi connectivity index (χ2v) is 7.48. The molecule has 1 aliphatic heterocycles. The van der Waals surface area contributed by atoms with Gasteiger partial charge in [0.1, 0.15) is 0 Å². The number of esters is 1. The van der Waals surface area contributed by atoms with E-state index in [4.69, 9.17) is 4.74 Å². The molecule has 2 N–H and O–H groups in total. The highest BCUT2D eigenvalue weighted by atomic mass is 16.5.